The van der Waals surface area contributed by atoms with Gasteiger partial charge in [0, 0.05) is 12.1 Å². The highest BCUT2D eigenvalue weighted by atomic mass is 16.1. The summed E-state index contributed by atoms with van der Waals surface area (Å²) in [4.78, 5) is 12.4. The first-order chi connectivity index (χ1) is 4.54. The lowest BCUT2D eigenvalue weighted by atomic mass is 10.2. The number of rotatable bonds is 4. The maximum absolute atomic E-state index is 10.4. The molecule has 1 amide bonds. The summed E-state index contributed by atoms with van der Waals surface area (Å²) >= 11 is 0. The molecule has 0 saturated heterocycles. The van der Waals surface area contributed by atoms with Crippen LogP contribution in [0.1, 0.15) is 6.42 Å². The molecule has 0 unspecified atom stereocenters. The van der Waals surface area contributed by atoms with E-state index in [-0.39, 0.29) is 0 Å². The van der Waals surface area contributed by atoms with Crippen LogP contribution in [0.15, 0.2) is 12.2 Å². The lowest BCUT2D eigenvalue weighted by molar-refractivity contribution is -0.114. The van der Waals surface area contributed by atoms with E-state index in [2.05, 4.69) is 6.58 Å². The van der Waals surface area contributed by atoms with Gasteiger partial charge in [0.05, 0.1) is 0 Å². The molecular weight excluding hydrogens is 128 g/mol. The Hall–Kier alpha value is -0.830. The fourth-order valence-electron chi connectivity index (χ4n) is 0.482. The molecule has 0 atom stereocenters. The SMILES string of the molecule is C=C(CCN(C)C)C(N)=O. The van der Waals surface area contributed by atoms with Crippen molar-refractivity contribution in [1.29, 1.82) is 0 Å². The van der Waals surface area contributed by atoms with Crippen LogP contribution in [-0.4, -0.2) is 31.4 Å². The first-order valence-electron chi connectivity index (χ1n) is 3.16. The van der Waals surface area contributed by atoms with E-state index in [0.717, 1.165) is 6.54 Å². The summed E-state index contributed by atoms with van der Waals surface area (Å²) in [6.07, 6.45) is 0.655. The summed E-state index contributed by atoms with van der Waals surface area (Å²) < 4.78 is 0. The number of nitrogens with two attached hydrogens (primary N) is 1. The van der Waals surface area contributed by atoms with Crippen molar-refractivity contribution in [3.63, 3.8) is 0 Å². The van der Waals surface area contributed by atoms with Gasteiger partial charge in [-0.15, -0.1) is 0 Å². The Morgan fingerprint density at radius 1 is 1.60 bits per heavy atom. The van der Waals surface area contributed by atoms with E-state index in [1.165, 1.54) is 0 Å². The van der Waals surface area contributed by atoms with Crippen molar-refractivity contribution >= 4 is 5.91 Å². The van der Waals surface area contributed by atoms with Gasteiger partial charge in [-0.1, -0.05) is 6.58 Å². The molecule has 10 heavy (non-hydrogen) atoms. The molecule has 3 heteroatoms. The van der Waals surface area contributed by atoms with Gasteiger partial charge in [-0.3, -0.25) is 4.79 Å². The van der Waals surface area contributed by atoms with Gasteiger partial charge in [-0.25, -0.2) is 0 Å². The van der Waals surface area contributed by atoms with Crippen molar-refractivity contribution in [2.45, 2.75) is 6.42 Å². The molecule has 0 fully saturated rings. The van der Waals surface area contributed by atoms with E-state index >= 15 is 0 Å². The number of hydrogen-bond donors (Lipinski definition) is 1. The monoisotopic (exact) mass is 142 g/mol. The van der Waals surface area contributed by atoms with Crippen LogP contribution in [0.5, 0.6) is 0 Å². The number of hydrogen-bond acceptors (Lipinski definition) is 2. The quantitative estimate of drug-likeness (QED) is 0.561. The standard InChI is InChI=1S/C7H14N2O/c1-6(7(8)10)4-5-9(2)3/h1,4-5H2,2-3H3,(H2,8,10). The Labute approximate surface area is 61.5 Å². The van der Waals surface area contributed by atoms with E-state index < -0.39 is 5.91 Å². The normalized spacial score (nSPS) is 9.90. The third-order valence-electron chi connectivity index (χ3n) is 1.21. The van der Waals surface area contributed by atoms with Gasteiger partial charge in [0.1, 0.15) is 0 Å². The van der Waals surface area contributed by atoms with Crippen molar-refractivity contribution in [1.82, 2.24) is 4.90 Å². The van der Waals surface area contributed by atoms with Crippen LogP contribution in [-0.2, 0) is 4.79 Å². The Morgan fingerprint density at radius 2 is 2.10 bits per heavy atom. The van der Waals surface area contributed by atoms with Gasteiger partial charge in [0.25, 0.3) is 0 Å². The topological polar surface area (TPSA) is 46.3 Å². The van der Waals surface area contributed by atoms with Gasteiger partial charge in [-0.2, -0.15) is 0 Å². The largest absolute Gasteiger partial charge is 0.366 e. The Balaban J connectivity index is 3.50. The number of amides is 1. The fourth-order valence-corrected chi connectivity index (χ4v) is 0.482. The highest BCUT2D eigenvalue weighted by Gasteiger charge is 2.00. The maximum Gasteiger partial charge on any atom is 0.244 e. The lowest BCUT2D eigenvalue weighted by Gasteiger charge is -2.08. The second kappa shape index (κ2) is 4.06. The number of nitrogens with zero attached hydrogens (tertiary/aromatic N) is 1. The van der Waals surface area contributed by atoms with Crippen molar-refractivity contribution in [3.8, 4) is 0 Å². The third kappa shape index (κ3) is 4.09. The molecule has 0 aliphatic carbocycles. The molecule has 0 aliphatic heterocycles. The average Bonchev–Trinajstić information content (AvgIpc) is 1.82. The molecule has 0 spiro atoms. The van der Waals surface area contributed by atoms with Gasteiger partial charge in [0.2, 0.25) is 5.91 Å². The molecule has 0 radical (unpaired) electrons. The minimum atomic E-state index is -0.401. The summed E-state index contributed by atoms with van der Waals surface area (Å²) in [5.74, 6) is -0.401. The molecule has 3 nitrogen and oxygen atoms in total. The first kappa shape index (κ1) is 9.17. The van der Waals surface area contributed by atoms with E-state index in [9.17, 15) is 4.79 Å². The summed E-state index contributed by atoms with van der Waals surface area (Å²) in [5.41, 5.74) is 5.46. The molecule has 0 rings (SSSR count). The van der Waals surface area contributed by atoms with Gasteiger partial charge < -0.3 is 10.6 Å². The Kier molecular flexibility index (Phi) is 3.72. The van der Waals surface area contributed by atoms with E-state index in [4.69, 9.17) is 5.73 Å². The molecule has 0 bridgehead atoms. The van der Waals surface area contributed by atoms with Crippen LogP contribution in [0.25, 0.3) is 0 Å². The van der Waals surface area contributed by atoms with Crippen molar-refractivity contribution in [2.24, 2.45) is 5.73 Å². The minimum Gasteiger partial charge on any atom is -0.366 e. The highest BCUT2D eigenvalue weighted by molar-refractivity contribution is 5.91. The molecule has 0 heterocycles. The summed E-state index contributed by atoms with van der Waals surface area (Å²) in [6.45, 7) is 4.35. The highest BCUT2D eigenvalue weighted by Crippen LogP contribution is 1.95. The van der Waals surface area contributed by atoms with Crippen LogP contribution in [0, 0.1) is 0 Å². The summed E-state index contributed by atoms with van der Waals surface area (Å²) in [6, 6.07) is 0. The average molecular weight is 142 g/mol. The predicted molar refractivity (Wildman–Crippen MR) is 41.5 cm³/mol. The van der Waals surface area contributed by atoms with Crippen LogP contribution in [0.4, 0.5) is 0 Å². The molecule has 0 aromatic heterocycles. The van der Waals surface area contributed by atoms with Gasteiger partial charge in [-0.05, 0) is 20.5 Å². The smallest absolute Gasteiger partial charge is 0.244 e. The van der Waals surface area contributed by atoms with E-state index in [1.54, 1.807) is 0 Å². The predicted octanol–water partition coefficient (Wildman–Crippen LogP) is -0.0204. The summed E-state index contributed by atoms with van der Waals surface area (Å²) in [5, 5.41) is 0. The second-order valence-corrected chi connectivity index (χ2v) is 2.52. The zero-order chi connectivity index (χ0) is 8.15. The molecule has 0 aromatic rings. The zero-order valence-corrected chi connectivity index (χ0v) is 6.55. The van der Waals surface area contributed by atoms with Gasteiger partial charge in [0.15, 0.2) is 0 Å². The molecule has 0 aliphatic rings. The summed E-state index contributed by atoms with van der Waals surface area (Å²) in [7, 11) is 3.88. The Morgan fingerprint density at radius 3 is 2.40 bits per heavy atom. The van der Waals surface area contributed by atoms with Crippen LogP contribution < -0.4 is 5.73 Å². The van der Waals surface area contributed by atoms with Crippen LogP contribution in [0.2, 0.25) is 0 Å². The molecular formula is C7H14N2O. The van der Waals surface area contributed by atoms with Gasteiger partial charge >= 0.3 is 0 Å². The maximum atomic E-state index is 10.4. The molecule has 2 N–H and O–H groups in total. The number of primary amides is 1. The minimum absolute atomic E-state index is 0.401. The first-order valence-corrected chi connectivity index (χ1v) is 3.16. The third-order valence-corrected chi connectivity index (χ3v) is 1.21. The van der Waals surface area contributed by atoms with E-state index in [1.807, 2.05) is 19.0 Å². The van der Waals surface area contributed by atoms with Crippen molar-refractivity contribution in [2.75, 3.05) is 20.6 Å². The number of carbonyl (C=O) groups excluding carboxylic acids is 1. The fraction of sp³-hybridized carbons (Fsp3) is 0.571. The van der Waals surface area contributed by atoms with Crippen LogP contribution in [0.3, 0.4) is 0 Å². The van der Waals surface area contributed by atoms with Crippen molar-refractivity contribution < 1.29 is 4.79 Å². The number of carbonyl (C=O) groups is 1. The van der Waals surface area contributed by atoms with Crippen molar-refractivity contribution in [3.05, 3.63) is 12.2 Å². The lowest BCUT2D eigenvalue weighted by Crippen LogP contribution is -2.19. The van der Waals surface area contributed by atoms with Crippen LogP contribution >= 0.6 is 0 Å². The molecule has 0 saturated carbocycles. The Bertz CT molecular complexity index is 141. The zero-order valence-electron chi connectivity index (χ0n) is 6.55. The molecule has 58 valence electrons. The second-order valence-electron chi connectivity index (χ2n) is 2.52. The molecule has 0 aromatic carbocycles. The van der Waals surface area contributed by atoms with E-state index in [0.29, 0.717) is 12.0 Å².